The summed E-state index contributed by atoms with van der Waals surface area (Å²) in [6, 6.07) is 11.2. The van der Waals surface area contributed by atoms with E-state index in [1.165, 1.54) is 12.1 Å². The van der Waals surface area contributed by atoms with Gasteiger partial charge in [0.25, 0.3) is 5.69 Å². The Labute approximate surface area is 121 Å². The second-order valence-corrected chi connectivity index (χ2v) is 4.85. The third-order valence-corrected chi connectivity index (χ3v) is 3.54. The lowest BCUT2D eigenvalue weighted by Crippen LogP contribution is -2.25. The van der Waals surface area contributed by atoms with Crippen LogP contribution in [0.15, 0.2) is 42.5 Å². The normalized spacial score (nSPS) is 14.4. The largest absolute Gasteiger partial charge is 0.334 e. The van der Waals surface area contributed by atoms with Gasteiger partial charge < -0.3 is 10.2 Å². The number of halogens is 1. The average molecular weight is 287 g/mol. The van der Waals surface area contributed by atoms with E-state index in [4.69, 9.17) is 0 Å². The highest BCUT2D eigenvalue weighted by atomic mass is 19.1. The molecule has 0 aliphatic carbocycles. The highest BCUT2D eigenvalue weighted by Gasteiger charge is 2.24. The van der Waals surface area contributed by atoms with Gasteiger partial charge in [-0.1, -0.05) is 18.2 Å². The molecule has 0 spiro atoms. The molecule has 1 N–H and O–H groups in total. The number of benzene rings is 2. The molecule has 0 bridgehead atoms. The van der Waals surface area contributed by atoms with Crippen LogP contribution in [0.5, 0.6) is 0 Å². The van der Waals surface area contributed by atoms with Crippen molar-refractivity contribution in [3.8, 4) is 0 Å². The number of nitro groups is 1. The zero-order valence-corrected chi connectivity index (χ0v) is 11.3. The number of fused-ring (bicyclic) bond motifs is 1. The number of nitrogens with zero attached hydrogens (tertiary/aromatic N) is 2. The first kappa shape index (κ1) is 13.5. The summed E-state index contributed by atoms with van der Waals surface area (Å²) in [4.78, 5) is 12.5. The van der Waals surface area contributed by atoms with E-state index in [1.807, 2.05) is 24.3 Å². The van der Waals surface area contributed by atoms with Crippen molar-refractivity contribution in [3.05, 3.63) is 64.0 Å². The van der Waals surface area contributed by atoms with E-state index in [0.29, 0.717) is 19.6 Å². The zero-order chi connectivity index (χ0) is 14.8. The molecule has 6 heteroatoms. The monoisotopic (exact) mass is 287 g/mol. The molecule has 1 aliphatic heterocycles. The average Bonchev–Trinajstić information content (AvgIpc) is 2.69. The Bertz CT molecular complexity index is 690. The summed E-state index contributed by atoms with van der Waals surface area (Å²) in [5, 5.41) is 14.5. The summed E-state index contributed by atoms with van der Waals surface area (Å²) in [5.41, 5.74) is 2.11. The Morgan fingerprint density at radius 1 is 1.19 bits per heavy atom. The van der Waals surface area contributed by atoms with Crippen molar-refractivity contribution >= 4 is 17.1 Å². The van der Waals surface area contributed by atoms with E-state index in [1.54, 1.807) is 4.90 Å². The molecule has 0 amide bonds. The Hall–Kier alpha value is -2.47. The van der Waals surface area contributed by atoms with Crippen LogP contribution in [0, 0.1) is 15.9 Å². The lowest BCUT2D eigenvalue weighted by molar-refractivity contribution is -0.384. The number of nitro benzene ring substituents is 1. The van der Waals surface area contributed by atoms with Crippen LogP contribution in [0.3, 0.4) is 0 Å². The topological polar surface area (TPSA) is 58.4 Å². The number of para-hydroxylation sites is 1. The fraction of sp³-hybridized carbons (Fsp3) is 0.200. The lowest BCUT2D eigenvalue weighted by atomic mass is 10.1. The molecular formula is C15H14FN3O2. The molecule has 3 rings (SSSR count). The number of hydrogen-bond acceptors (Lipinski definition) is 4. The molecule has 0 saturated heterocycles. The maximum atomic E-state index is 13.6. The summed E-state index contributed by atoms with van der Waals surface area (Å²) in [6.45, 7) is 1.90. The first-order valence-electron chi connectivity index (χ1n) is 6.67. The Morgan fingerprint density at radius 3 is 2.81 bits per heavy atom. The minimum absolute atomic E-state index is 0.0897. The standard InChI is InChI=1S/C15H14FN3O2/c16-12-5-6-14(19(20)21)15(9-12)18-8-7-17-10-11-3-1-2-4-13(11)18/h1-6,9,17H,7-8,10H2. The summed E-state index contributed by atoms with van der Waals surface area (Å²) >= 11 is 0. The first-order valence-corrected chi connectivity index (χ1v) is 6.67. The van der Waals surface area contributed by atoms with Crippen LogP contribution in [0.25, 0.3) is 0 Å². The summed E-state index contributed by atoms with van der Waals surface area (Å²) in [6.07, 6.45) is 0. The first-order chi connectivity index (χ1) is 10.2. The molecule has 0 aromatic heterocycles. The van der Waals surface area contributed by atoms with Crippen LogP contribution in [0.2, 0.25) is 0 Å². The molecule has 0 saturated carbocycles. The number of anilines is 2. The second-order valence-electron chi connectivity index (χ2n) is 4.85. The fourth-order valence-corrected chi connectivity index (χ4v) is 2.58. The molecule has 2 aromatic carbocycles. The number of nitrogens with one attached hydrogen (secondary N) is 1. The highest BCUT2D eigenvalue weighted by Crippen LogP contribution is 2.36. The van der Waals surface area contributed by atoms with Gasteiger partial charge in [0.2, 0.25) is 0 Å². The van der Waals surface area contributed by atoms with Crippen LogP contribution < -0.4 is 10.2 Å². The highest BCUT2D eigenvalue weighted by molar-refractivity contribution is 5.74. The predicted octanol–water partition coefficient (Wildman–Crippen LogP) is 2.98. The summed E-state index contributed by atoms with van der Waals surface area (Å²) in [7, 11) is 0. The Morgan fingerprint density at radius 2 is 2.00 bits per heavy atom. The van der Waals surface area contributed by atoms with E-state index >= 15 is 0 Å². The van der Waals surface area contributed by atoms with Crippen molar-refractivity contribution in [3.63, 3.8) is 0 Å². The zero-order valence-electron chi connectivity index (χ0n) is 11.3. The molecule has 1 aliphatic rings. The van der Waals surface area contributed by atoms with Crippen molar-refractivity contribution in [2.75, 3.05) is 18.0 Å². The minimum atomic E-state index is -0.481. The van der Waals surface area contributed by atoms with E-state index in [-0.39, 0.29) is 11.4 Å². The second kappa shape index (κ2) is 5.49. The third-order valence-electron chi connectivity index (χ3n) is 3.54. The molecular weight excluding hydrogens is 273 g/mol. The van der Waals surface area contributed by atoms with Crippen LogP contribution in [-0.2, 0) is 6.54 Å². The minimum Gasteiger partial charge on any atom is -0.334 e. The van der Waals surface area contributed by atoms with Crippen molar-refractivity contribution in [2.24, 2.45) is 0 Å². The number of hydrogen-bond donors (Lipinski definition) is 1. The smallest absolute Gasteiger partial charge is 0.293 e. The van der Waals surface area contributed by atoms with Gasteiger partial charge in [-0.3, -0.25) is 10.1 Å². The summed E-state index contributed by atoms with van der Waals surface area (Å²) < 4.78 is 13.6. The number of rotatable bonds is 2. The van der Waals surface area contributed by atoms with Crippen molar-refractivity contribution < 1.29 is 9.31 Å². The van der Waals surface area contributed by atoms with Gasteiger partial charge in [-0.05, 0) is 17.7 Å². The van der Waals surface area contributed by atoms with E-state index in [0.717, 1.165) is 17.3 Å². The quantitative estimate of drug-likeness (QED) is 0.681. The lowest BCUT2D eigenvalue weighted by Gasteiger charge is -2.24. The maximum absolute atomic E-state index is 13.6. The van der Waals surface area contributed by atoms with Crippen LogP contribution in [0.1, 0.15) is 5.56 Å². The van der Waals surface area contributed by atoms with E-state index in [2.05, 4.69) is 5.32 Å². The molecule has 0 unspecified atom stereocenters. The Kier molecular flexibility index (Phi) is 3.53. The van der Waals surface area contributed by atoms with Crippen molar-refractivity contribution in [1.29, 1.82) is 0 Å². The third kappa shape index (κ3) is 2.57. The van der Waals surface area contributed by atoms with Crippen LogP contribution in [-0.4, -0.2) is 18.0 Å². The molecule has 1 heterocycles. The van der Waals surface area contributed by atoms with E-state index < -0.39 is 10.7 Å². The van der Waals surface area contributed by atoms with Crippen molar-refractivity contribution in [1.82, 2.24) is 5.32 Å². The maximum Gasteiger partial charge on any atom is 0.293 e. The summed E-state index contributed by atoms with van der Waals surface area (Å²) in [5.74, 6) is -0.481. The molecule has 108 valence electrons. The van der Waals surface area contributed by atoms with Gasteiger partial charge in [0.15, 0.2) is 0 Å². The van der Waals surface area contributed by atoms with Crippen LogP contribution in [0.4, 0.5) is 21.5 Å². The van der Waals surface area contributed by atoms with Gasteiger partial charge in [0.05, 0.1) is 4.92 Å². The SMILES string of the molecule is O=[N+]([O-])c1ccc(F)cc1N1CCNCc2ccccc21. The van der Waals surface area contributed by atoms with Crippen LogP contribution >= 0.6 is 0 Å². The van der Waals surface area contributed by atoms with E-state index in [9.17, 15) is 14.5 Å². The van der Waals surface area contributed by atoms with Gasteiger partial charge in [-0.25, -0.2) is 4.39 Å². The van der Waals surface area contributed by atoms with Gasteiger partial charge in [-0.2, -0.15) is 0 Å². The molecule has 2 aromatic rings. The molecule has 0 radical (unpaired) electrons. The predicted molar refractivity (Wildman–Crippen MR) is 78.2 cm³/mol. The van der Waals surface area contributed by atoms with Gasteiger partial charge in [-0.15, -0.1) is 0 Å². The molecule has 5 nitrogen and oxygen atoms in total. The molecule has 21 heavy (non-hydrogen) atoms. The van der Waals surface area contributed by atoms with Gasteiger partial charge in [0.1, 0.15) is 11.5 Å². The van der Waals surface area contributed by atoms with Gasteiger partial charge in [0, 0.05) is 37.5 Å². The van der Waals surface area contributed by atoms with Crippen molar-refractivity contribution in [2.45, 2.75) is 6.54 Å². The fourth-order valence-electron chi connectivity index (χ4n) is 2.58. The molecule has 0 atom stereocenters. The van der Waals surface area contributed by atoms with Gasteiger partial charge >= 0.3 is 0 Å². The molecule has 0 fully saturated rings. The Balaban J connectivity index is 2.16.